The van der Waals surface area contributed by atoms with Gasteiger partial charge in [-0.25, -0.2) is 9.59 Å². The van der Waals surface area contributed by atoms with Crippen molar-refractivity contribution >= 4 is 23.5 Å². The molecule has 27 heavy (non-hydrogen) atoms. The van der Waals surface area contributed by atoms with Gasteiger partial charge in [0.2, 0.25) is 0 Å². The molecule has 1 aromatic carbocycles. The molecular formula is C19H18ClF3O4. The van der Waals surface area contributed by atoms with Gasteiger partial charge in [0.15, 0.2) is 0 Å². The molecule has 0 aliphatic heterocycles. The van der Waals surface area contributed by atoms with E-state index in [-0.39, 0.29) is 16.7 Å². The second kappa shape index (κ2) is 7.76. The summed E-state index contributed by atoms with van der Waals surface area (Å²) in [5.74, 6) is -2.47. The van der Waals surface area contributed by atoms with E-state index in [9.17, 15) is 22.8 Å². The molecule has 0 radical (unpaired) electrons. The van der Waals surface area contributed by atoms with Crippen LogP contribution >= 0.6 is 11.6 Å². The molecule has 0 amide bonds. The Kier molecular flexibility index (Phi) is 6.04. The van der Waals surface area contributed by atoms with Gasteiger partial charge in [-0.05, 0) is 38.0 Å². The molecule has 0 fully saturated rings. The SMILES string of the molecule is COC(=O)C1=C(C)CC(C)=C(C(=O)OC)C1c1ccc(Cl)c(C(F)(F)F)c1. The Balaban J connectivity index is 2.78. The first-order chi connectivity index (χ1) is 12.5. The lowest BCUT2D eigenvalue weighted by atomic mass is 9.74. The Morgan fingerprint density at radius 3 is 1.93 bits per heavy atom. The maximum Gasteiger partial charge on any atom is 0.417 e. The molecule has 0 bridgehead atoms. The second-order valence-electron chi connectivity index (χ2n) is 6.22. The van der Waals surface area contributed by atoms with Crippen molar-refractivity contribution in [1.29, 1.82) is 0 Å². The highest BCUT2D eigenvalue weighted by molar-refractivity contribution is 6.31. The van der Waals surface area contributed by atoms with Gasteiger partial charge in [0.05, 0.1) is 24.8 Å². The highest BCUT2D eigenvalue weighted by Gasteiger charge is 2.39. The molecule has 0 N–H and O–H groups in total. The molecule has 1 aliphatic carbocycles. The zero-order chi connectivity index (χ0) is 20.5. The van der Waals surface area contributed by atoms with Crippen LogP contribution in [0.4, 0.5) is 13.2 Å². The van der Waals surface area contributed by atoms with E-state index < -0.39 is 34.6 Å². The summed E-state index contributed by atoms with van der Waals surface area (Å²) in [6, 6.07) is 3.31. The predicted octanol–water partition coefficient (Wildman–Crippen LogP) is 4.83. The Morgan fingerprint density at radius 1 is 1.04 bits per heavy atom. The number of halogens is 4. The van der Waals surface area contributed by atoms with Gasteiger partial charge in [0.1, 0.15) is 0 Å². The summed E-state index contributed by atoms with van der Waals surface area (Å²) < 4.78 is 49.5. The molecule has 1 aliphatic rings. The Labute approximate surface area is 159 Å². The summed E-state index contributed by atoms with van der Waals surface area (Å²) in [5, 5.41) is -0.470. The highest BCUT2D eigenvalue weighted by atomic mass is 35.5. The molecule has 4 nitrogen and oxygen atoms in total. The molecule has 8 heteroatoms. The molecule has 0 heterocycles. The van der Waals surface area contributed by atoms with Gasteiger partial charge in [-0.2, -0.15) is 13.2 Å². The minimum absolute atomic E-state index is 0.103. The number of methoxy groups -OCH3 is 2. The number of carbonyl (C=O) groups is 2. The molecule has 146 valence electrons. The van der Waals surface area contributed by atoms with Crippen molar-refractivity contribution in [3.63, 3.8) is 0 Å². The molecule has 2 rings (SSSR count). The van der Waals surface area contributed by atoms with E-state index in [1.165, 1.54) is 20.3 Å². The minimum atomic E-state index is -4.68. The summed E-state index contributed by atoms with van der Waals surface area (Å²) in [6.45, 7) is 3.36. The van der Waals surface area contributed by atoms with Crippen LogP contribution in [0, 0.1) is 0 Å². The number of hydrogen-bond acceptors (Lipinski definition) is 4. The zero-order valence-corrected chi connectivity index (χ0v) is 15.9. The quantitative estimate of drug-likeness (QED) is 0.680. The van der Waals surface area contributed by atoms with Crippen molar-refractivity contribution in [1.82, 2.24) is 0 Å². The molecular weight excluding hydrogens is 385 g/mol. The summed E-state index contributed by atoms with van der Waals surface area (Å²) in [6.07, 6.45) is -4.37. The predicted molar refractivity (Wildman–Crippen MR) is 93.2 cm³/mol. The third kappa shape index (κ3) is 4.03. The maximum atomic E-state index is 13.3. The first-order valence-corrected chi connectivity index (χ1v) is 8.33. The number of hydrogen-bond donors (Lipinski definition) is 0. The molecule has 0 atom stereocenters. The number of allylic oxidation sites excluding steroid dienone is 2. The van der Waals surface area contributed by atoms with Gasteiger partial charge in [0, 0.05) is 17.1 Å². The number of carbonyl (C=O) groups excluding carboxylic acids is 2. The van der Waals surface area contributed by atoms with E-state index in [2.05, 4.69) is 0 Å². The summed E-state index contributed by atoms with van der Waals surface area (Å²) >= 11 is 5.70. The highest BCUT2D eigenvalue weighted by Crippen LogP contribution is 2.45. The number of alkyl halides is 3. The average Bonchev–Trinajstić information content (AvgIpc) is 2.59. The van der Waals surface area contributed by atoms with Gasteiger partial charge in [-0.3, -0.25) is 0 Å². The smallest absolute Gasteiger partial charge is 0.417 e. The Bertz CT molecular complexity index is 815. The van der Waals surface area contributed by atoms with Crippen LogP contribution in [0.1, 0.15) is 37.3 Å². The normalized spacial score (nSPS) is 15.9. The summed E-state index contributed by atoms with van der Waals surface area (Å²) in [7, 11) is 2.34. The lowest BCUT2D eigenvalue weighted by Gasteiger charge is -2.29. The van der Waals surface area contributed by atoms with Gasteiger partial charge in [-0.1, -0.05) is 28.8 Å². The monoisotopic (exact) mass is 402 g/mol. The van der Waals surface area contributed by atoms with E-state index in [1.54, 1.807) is 13.8 Å². The number of benzene rings is 1. The lowest BCUT2D eigenvalue weighted by Crippen LogP contribution is -2.26. The largest absolute Gasteiger partial charge is 0.466 e. The fraction of sp³-hybridized carbons (Fsp3) is 0.368. The van der Waals surface area contributed by atoms with Crippen molar-refractivity contribution < 1.29 is 32.2 Å². The van der Waals surface area contributed by atoms with Gasteiger partial charge >= 0.3 is 18.1 Å². The third-order valence-corrected chi connectivity index (χ3v) is 4.80. The van der Waals surface area contributed by atoms with Crippen molar-refractivity contribution in [2.45, 2.75) is 32.4 Å². The van der Waals surface area contributed by atoms with Crippen LogP contribution in [0.15, 0.2) is 40.5 Å². The molecule has 0 saturated carbocycles. The number of rotatable bonds is 3. The summed E-state index contributed by atoms with van der Waals surface area (Å²) in [5.41, 5.74) is 0.529. The van der Waals surface area contributed by atoms with Crippen LogP contribution in [0.25, 0.3) is 0 Å². The second-order valence-corrected chi connectivity index (χ2v) is 6.63. The molecule has 1 aromatic rings. The fourth-order valence-corrected chi connectivity index (χ4v) is 3.53. The molecule has 0 aromatic heterocycles. The fourth-order valence-electron chi connectivity index (χ4n) is 3.30. The van der Waals surface area contributed by atoms with Crippen LogP contribution in [0.3, 0.4) is 0 Å². The minimum Gasteiger partial charge on any atom is -0.466 e. The van der Waals surface area contributed by atoms with Crippen LogP contribution in [0.5, 0.6) is 0 Å². The Morgan fingerprint density at radius 2 is 1.52 bits per heavy atom. The van der Waals surface area contributed by atoms with Crippen LogP contribution in [-0.2, 0) is 25.2 Å². The maximum absolute atomic E-state index is 13.3. The lowest BCUT2D eigenvalue weighted by molar-refractivity contribution is -0.138. The van der Waals surface area contributed by atoms with Crippen molar-refractivity contribution in [2.75, 3.05) is 14.2 Å². The standard InChI is InChI=1S/C19H18ClF3O4/c1-9-7-10(2)15(18(25)27-4)16(14(9)17(24)26-3)11-5-6-13(20)12(8-11)19(21,22)23/h5-6,8,16H,7H2,1-4H3. The van der Waals surface area contributed by atoms with Gasteiger partial charge in [-0.15, -0.1) is 0 Å². The molecule has 0 spiro atoms. The number of esters is 2. The zero-order valence-electron chi connectivity index (χ0n) is 15.2. The van der Waals surface area contributed by atoms with E-state index in [0.717, 1.165) is 12.1 Å². The van der Waals surface area contributed by atoms with Crippen LogP contribution in [0.2, 0.25) is 5.02 Å². The topological polar surface area (TPSA) is 52.6 Å². The van der Waals surface area contributed by atoms with Crippen molar-refractivity contribution in [3.05, 3.63) is 56.6 Å². The first kappa shape index (κ1) is 21.0. The van der Waals surface area contributed by atoms with E-state index in [4.69, 9.17) is 21.1 Å². The third-order valence-electron chi connectivity index (χ3n) is 4.47. The number of ether oxygens (including phenoxy) is 2. The van der Waals surface area contributed by atoms with Gasteiger partial charge in [0.25, 0.3) is 0 Å². The van der Waals surface area contributed by atoms with Crippen LogP contribution < -0.4 is 0 Å². The summed E-state index contributed by atoms with van der Waals surface area (Å²) in [4.78, 5) is 24.7. The van der Waals surface area contributed by atoms with Gasteiger partial charge < -0.3 is 9.47 Å². The average molecular weight is 403 g/mol. The van der Waals surface area contributed by atoms with E-state index in [1.807, 2.05) is 0 Å². The van der Waals surface area contributed by atoms with E-state index in [0.29, 0.717) is 17.6 Å². The Hall–Kier alpha value is -2.28. The van der Waals surface area contributed by atoms with Crippen molar-refractivity contribution in [3.8, 4) is 0 Å². The molecule has 0 unspecified atom stereocenters. The van der Waals surface area contributed by atoms with Crippen molar-refractivity contribution in [2.24, 2.45) is 0 Å². The molecule has 0 saturated heterocycles. The van der Waals surface area contributed by atoms with Crippen LogP contribution in [-0.4, -0.2) is 26.2 Å². The van der Waals surface area contributed by atoms with E-state index >= 15 is 0 Å². The first-order valence-electron chi connectivity index (χ1n) is 7.95.